The van der Waals surface area contributed by atoms with Crippen LogP contribution in [0.25, 0.3) is 11.3 Å². The Kier molecular flexibility index (Phi) is 8.32. The van der Waals surface area contributed by atoms with Gasteiger partial charge in [0.25, 0.3) is 0 Å². The maximum atomic E-state index is 13.9. The maximum absolute atomic E-state index is 13.9. The number of rotatable bonds is 6. The average molecular weight is 551 g/mol. The minimum atomic E-state index is -4.73. The summed E-state index contributed by atoms with van der Waals surface area (Å²) in [6, 6.07) is 0.152. The van der Waals surface area contributed by atoms with Crippen molar-refractivity contribution in [2.24, 2.45) is 5.73 Å². The van der Waals surface area contributed by atoms with E-state index in [9.17, 15) is 31.1 Å². The van der Waals surface area contributed by atoms with E-state index < -0.39 is 41.4 Å². The molecule has 1 aromatic carbocycles. The number of carbonyl (C=O) groups excluding carboxylic acids is 1. The predicted molar refractivity (Wildman–Crippen MR) is 120 cm³/mol. The minimum absolute atomic E-state index is 0. The second-order valence-corrected chi connectivity index (χ2v) is 8.18. The molecule has 0 fully saturated rings. The van der Waals surface area contributed by atoms with Gasteiger partial charge in [-0.25, -0.2) is 28.1 Å². The second-order valence-electron chi connectivity index (χ2n) is 8.18. The molecule has 4 rings (SSSR count). The molecular formula is C22H21ClF6N6O2. The van der Waals surface area contributed by atoms with Crippen LogP contribution in [0.2, 0.25) is 0 Å². The molecule has 1 aliphatic heterocycles. The fourth-order valence-electron chi connectivity index (χ4n) is 4.00. The summed E-state index contributed by atoms with van der Waals surface area (Å²) in [4.78, 5) is 25.8. The Bertz CT molecular complexity index is 1280. The van der Waals surface area contributed by atoms with E-state index in [1.807, 2.05) is 0 Å². The van der Waals surface area contributed by atoms with Gasteiger partial charge in [0, 0.05) is 49.6 Å². The molecule has 2 N–H and O–H groups in total. The fraction of sp³-hybridized carbons (Fsp3) is 0.364. The van der Waals surface area contributed by atoms with Crippen molar-refractivity contribution in [3.05, 3.63) is 59.1 Å². The number of hydrogen-bond donors (Lipinski definition) is 1. The summed E-state index contributed by atoms with van der Waals surface area (Å²) in [5.74, 6) is -5.19. The number of aromatic nitrogens is 4. The number of carbonyl (C=O) groups is 1. The first kappa shape index (κ1) is 28.2. The Balaban J connectivity index is 0.00000380. The third-order valence-corrected chi connectivity index (χ3v) is 5.71. The highest BCUT2D eigenvalue weighted by atomic mass is 35.5. The summed E-state index contributed by atoms with van der Waals surface area (Å²) >= 11 is 0. The van der Waals surface area contributed by atoms with Gasteiger partial charge in [-0.05, 0) is 18.1 Å². The molecule has 8 nitrogen and oxygen atoms in total. The van der Waals surface area contributed by atoms with E-state index in [1.54, 1.807) is 0 Å². The molecule has 0 bridgehead atoms. The number of nitrogens with zero attached hydrogens (tertiary/aromatic N) is 5. The smallest absolute Gasteiger partial charge is 0.449 e. The van der Waals surface area contributed by atoms with Crippen molar-refractivity contribution in [2.45, 2.75) is 38.1 Å². The van der Waals surface area contributed by atoms with E-state index in [4.69, 9.17) is 10.5 Å². The molecule has 37 heavy (non-hydrogen) atoms. The number of halogens is 7. The highest BCUT2D eigenvalue weighted by Crippen LogP contribution is 2.35. The predicted octanol–water partition coefficient (Wildman–Crippen LogP) is 3.51. The molecule has 0 saturated heterocycles. The van der Waals surface area contributed by atoms with Gasteiger partial charge in [-0.2, -0.15) is 13.2 Å². The standard InChI is InChI=1S/C22H20F6N6O2.ClH/c1-36-21-30-8-12(9-31-21)19-17-10-33(2-3-34(17)20(32-19)22(26,27)28)18(35)6-13(29)4-11-5-15(24)16(25)7-14(11)23;/h5,7-9,13H,2-4,6,10,29H2,1H3;1H. The lowest BCUT2D eigenvalue weighted by molar-refractivity contribution is -0.148. The summed E-state index contributed by atoms with van der Waals surface area (Å²) in [5, 5.41) is 0. The Morgan fingerprint density at radius 3 is 2.38 bits per heavy atom. The van der Waals surface area contributed by atoms with Crippen LogP contribution < -0.4 is 10.5 Å². The monoisotopic (exact) mass is 550 g/mol. The van der Waals surface area contributed by atoms with Gasteiger partial charge in [0.1, 0.15) is 5.82 Å². The second kappa shape index (κ2) is 10.9. The molecule has 1 aliphatic rings. The molecule has 0 spiro atoms. The van der Waals surface area contributed by atoms with Crippen LogP contribution in [0.5, 0.6) is 6.01 Å². The SMILES string of the molecule is COc1ncc(-c2nc(C(F)(F)F)n3c2CN(C(=O)CC(N)Cc2cc(F)c(F)cc2F)CC3)cn1.Cl. The van der Waals surface area contributed by atoms with E-state index in [0.29, 0.717) is 12.1 Å². The number of methoxy groups -OCH3 is 1. The zero-order valence-electron chi connectivity index (χ0n) is 19.2. The summed E-state index contributed by atoms with van der Waals surface area (Å²) < 4.78 is 87.3. The number of fused-ring (bicyclic) bond motifs is 1. The number of nitrogens with two attached hydrogens (primary N) is 1. The van der Waals surface area contributed by atoms with E-state index in [1.165, 1.54) is 24.4 Å². The normalized spacial score (nSPS) is 14.1. The number of amides is 1. The zero-order chi connectivity index (χ0) is 26.2. The van der Waals surface area contributed by atoms with Crippen LogP contribution in [0.15, 0.2) is 24.5 Å². The van der Waals surface area contributed by atoms with Gasteiger partial charge >= 0.3 is 12.2 Å². The van der Waals surface area contributed by atoms with Gasteiger partial charge in [0.2, 0.25) is 11.7 Å². The first-order valence-corrected chi connectivity index (χ1v) is 10.7. The van der Waals surface area contributed by atoms with Gasteiger partial charge in [0.05, 0.1) is 25.0 Å². The van der Waals surface area contributed by atoms with Crippen LogP contribution >= 0.6 is 12.4 Å². The third kappa shape index (κ3) is 5.96. The lowest BCUT2D eigenvalue weighted by Gasteiger charge is -2.30. The molecule has 3 aromatic rings. The fourth-order valence-corrected chi connectivity index (χ4v) is 4.00. The zero-order valence-corrected chi connectivity index (χ0v) is 20.0. The van der Waals surface area contributed by atoms with E-state index in [-0.39, 0.29) is 73.4 Å². The number of imidazole rings is 1. The van der Waals surface area contributed by atoms with E-state index in [0.717, 1.165) is 4.57 Å². The van der Waals surface area contributed by atoms with Gasteiger partial charge < -0.3 is 19.9 Å². The summed E-state index contributed by atoms with van der Waals surface area (Å²) in [6.07, 6.45) is -2.74. The number of ether oxygens (including phenoxy) is 1. The lowest BCUT2D eigenvalue weighted by Crippen LogP contribution is -2.42. The largest absolute Gasteiger partial charge is 0.467 e. The Hall–Kier alpha value is -3.39. The lowest BCUT2D eigenvalue weighted by atomic mass is 10.0. The van der Waals surface area contributed by atoms with E-state index in [2.05, 4.69) is 15.0 Å². The molecule has 2 aromatic heterocycles. The number of hydrogen-bond acceptors (Lipinski definition) is 6. The van der Waals surface area contributed by atoms with Gasteiger partial charge in [0.15, 0.2) is 11.6 Å². The first-order valence-electron chi connectivity index (χ1n) is 10.7. The molecule has 0 saturated carbocycles. The number of alkyl halides is 3. The third-order valence-electron chi connectivity index (χ3n) is 5.71. The highest BCUT2D eigenvalue weighted by molar-refractivity contribution is 5.85. The average Bonchev–Trinajstić information content (AvgIpc) is 3.22. The summed E-state index contributed by atoms with van der Waals surface area (Å²) in [7, 11) is 1.34. The van der Waals surface area contributed by atoms with Crippen molar-refractivity contribution in [1.29, 1.82) is 0 Å². The Morgan fingerprint density at radius 1 is 1.11 bits per heavy atom. The van der Waals surface area contributed by atoms with Crippen LogP contribution in [0.3, 0.4) is 0 Å². The first-order chi connectivity index (χ1) is 17.0. The molecule has 15 heteroatoms. The highest BCUT2D eigenvalue weighted by Gasteiger charge is 2.41. The molecule has 200 valence electrons. The molecule has 1 amide bonds. The Morgan fingerprint density at radius 2 is 1.76 bits per heavy atom. The molecule has 3 heterocycles. The maximum Gasteiger partial charge on any atom is 0.449 e. The Labute approximate surface area is 212 Å². The van der Waals surface area contributed by atoms with Crippen molar-refractivity contribution in [3.8, 4) is 17.3 Å². The van der Waals surface area contributed by atoms with Crippen molar-refractivity contribution < 1.29 is 35.9 Å². The van der Waals surface area contributed by atoms with Crippen molar-refractivity contribution in [1.82, 2.24) is 24.4 Å². The quantitative estimate of drug-likeness (QED) is 0.373. The molecule has 0 radical (unpaired) electrons. The summed E-state index contributed by atoms with van der Waals surface area (Å²) in [6.45, 7) is -0.418. The molecule has 1 unspecified atom stereocenters. The van der Waals surface area contributed by atoms with Gasteiger partial charge in [-0.15, -0.1) is 12.4 Å². The van der Waals surface area contributed by atoms with Crippen LogP contribution in [0, 0.1) is 17.5 Å². The van der Waals surface area contributed by atoms with Crippen molar-refractivity contribution >= 4 is 18.3 Å². The molecular weight excluding hydrogens is 530 g/mol. The number of benzene rings is 1. The topological polar surface area (TPSA) is 99.2 Å². The van der Waals surface area contributed by atoms with E-state index >= 15 is 0 Å². The molecule has 0 aliphatic carbocycles. The van der Waals surface area contributed by atoms with Crippen LogP contribution in [-0.4, -0.2) is 50.0 Å². The van der Waals surface area contributed by atoms with Crippen molar-refractivity contribution in [2.75, 3.05) is 13.7 Å². The van der Waals surface area contributed by atoms with Crippen molar-refractivity contribution in [3.63, 3.8) is 0 Å². The molecule has 1 atom stereocenters. The minimum Gasteiger partial charge on any atom is -0.467 e. The van der Waals surface area contributed by atoms with Crippen LogP contribution in [-0.2, 0) is 30.5 Å². The van der Waals surface area contributed by atoms with Gasteiger partial charge in [-0.3, -0.25) is 4.79 Å². The van der Waals surface area contributed by atoms with Crippen LogP contribution in [0.4, 0.5) is 26.3 Å². The van der Waals surface area contributed by atoms with Crippen LogP contribution in [0.1, 0.15) is 23.5 Å². The summed E-state index contributed by atoms with van der Waals surface area (Å²) in [5.41, 5.74) is 6.06. The van der Waals surface area contributed by atoms with Gasteiger partial charge in [-0.1, -0.05) is 0 Å².